The van der Waals surface area contributed by atoms with Gasteiger partial charge in [-0.3, -0.25) is 0 Å². The standard InChI is InChI=1S/CH2O3.2Al.19H2O.6H/c2-1(3)4;;;;;;;;;;;;;;;;;;;;;;;;;;;/h(H2,2,3,4);;;19*1H2;;;;;;. The van der Waals surface area contributed by atoms with Crippen LogP contribution in [0.15, 0.2) is 0 Å². The van der Waals surface area contributed by atoms with E-state index in [4.69, 9.17) is 15.0 Å². The third kappa shape index (κ3) is 60700. The van der Waals surface area contributed by atoms with Gasteiger partial charge in [0.25, 0.3) is 0 Å². The van der Waals surface area contributed by atoms with Crippen molar-refractivity contribution in [1.29, 1.82) is 0 Å². The molecule has 0 amide bonds. The first-order valence-corrected chi connectivity index (χ1v) is 0.651. The molecule has 0 heterocycles. The summed E-state index contributed by atoms with van der Waals surface area (Å²) in [6.07, 6.45) is -1.83. The molecule has 0 aromatic carbocycles. The lowest BCUT2D eigenvalue weighted by Crippen LogP contribution is -1.81. The number of rotatable bonds is 0. The molecule has 0 rings (SSSR count). The van der Waals surface area contributed by atoms with Gasteiger partial charge in [-0.25, -0.2) is 4.79 Å². The minimum absolute atomic E-state index is 0. The van der Waals surface area contributed by atoms with Crippen LogP contribution in [0, 0.1) is 0 Å². The molecule has 188 valence electrons. The quantitative estimate of drug-likeness (QED) is 0.330. The largest absolute Gasteiger partial charge is 0.503 e. The van der Waals surface area contributed by atoms with E-state index >= 15 is 0 Å². The van der Waals surface area contributed by atoms with Gasteiger partial charge in [0.15, 0.2) is 34.7 Å². The van der Waals surface area contributed by atoms with Crippen LogP contribution in [-0.4, -0.2) is 155 Å². The second kappa shape index (κ2) is 1810. The molecule has 25 heavy (non-hydrogen) atoms. The minimum atomic E-state index is -1.83. The Hall–Kier alpha value is -0.425. The van der Waals surface area contributed by atoms with Gasteiger partial charge in [0, 0.05) is 0 Å². The highest BCUT2D eigenvalue weighted by molar-refractivity contribution is 5.76. The van der Waals surface area contributed by atoms with Crippen LogP contribution in [0.4, 0.5) is 4.79 Å². The zero-order valence-electron chi connectivity index (χ0n) is 11.3. The molecule has 0 aromatic heterocycles. The number of hydrogen-bond acceptors (Lipinski definition) is 1. The summed E-state index contributed by atoms with van der Waals surface area (Å²) < 4.78 is 0. The van der Waals surface area contributed by atoms with Gasteiger partial charge in [0.2, 0.25) is 0 Å². The SMILES string of the molecule is O.O.O.O.O.O.O.O.O.O.O.O.O.O.O.O.O.O.O.O=C(O)O.[AlH3].[AlH3]. The maximum atomic E-state index is 8.56. The van der Waals surface area contributed by atoms with Crippen LogP contribution in [-0.2, 0) is 0 Å². The van der Waals surface area contributed by atoms with E-state index in [-0.39, 0.29) is 139 Å². The summed E-state index contributed by atoms with van der Waals surface area (Å²) in [6, 6.07) is 0. The number of carboxylic acid groups (broad SMARTS) is 2. The first kappa shape index (κ1) is 2060. The molecule has 0 aliphatic heterocycles. The third-order valence-electron chi connectivity index (χ3n) is 0. The fourth-order valence-electron chi connectivity index (χ4n) is 0. The Labute approximate surface area is 160 Å². The maximum Gasteiger partial charge on any atom is 0.503 e. The predicted octanol–water partition coefficient (Wildman–Crippen LogP) is -17.8. The van der Waals surface area contributed by atoms with E-state index in [1.54, 1.807) is 0 Å². The lowest BCUT2D eigenvalue weighted by Gasteiger charge is -1.60. The summed E-state index contributed by atoms with van der Waals surface area (Å²) in [4.78, 5) is 8.56. The Morgan fingerprint density at radius 3 is 0.320 bits per heavy atom. The Balaban J connectivity index is -0.000000000214. The van der Waals surface area contributed by atoms with Crippen LogP contribution in [0.1, 0.15) is 0 Å². The van der Waals surface area contributed by atoms with Crippen molar-refractivity contribution in [2.24, 2.45) is 0 Å². The molecule has 0 spiro atoms. The molecule has 24 heteroatoms. The van der Waals surface area contributed by atoms with Crippen LogP contribution in [0.2, 0.25) is 0 Å². The topological polar surface area (TPSA) is 656 Å². The van der Waals surface area contributed by atoms with Crippen LogP contribution in [0.5, 0.6) is 0 Å². The van der Waals surface area contributed by atoms with E-state index < -0.39 is 6.16 Å². The highest BCUT2D eigenvalue weighted by atomic mass is 27.0. The minimum Gasteiger partial charge on any atom is -0.450 e. The van der Waals surface area contributed by atoms with Crippen molar-refractivity contribution in [2.45, 2.75) is 0 Å². The van der Waals surface area contributed by atoms with Crippen molar-refractivity contribution in [3.05, 3.63) is 0 Å². The molecule has 0 radical (unpaired) electrons. The summed E-state index contributed by atoms with van der Waals surface area (Å²) >= 11 is 0. The molecule has 0 unspecified atom stereocenters. The Morgan fingerprint density at radius 1 is 0.320 bits per heavy atom. The molecule has 0 aromatic rings. The monoisotopic (exact) mass is 464 g/mol. The summed E-state index contributed by atoms with van der Waals surface area (Å²) in [5, 5.41) is 13.9. The van der Waals surface area contributed by atoms with Gasteiger partial charge in [0.1, 0.15) is 0 Å². The van der Waals surface area contributed by atoms with Crippen LogP contribution in [0.3, 0.4) is 0 Å². The summed E-state index contributed by atoms with van der Waals surface area (Å²) in [6.45, 7) is 0. The lowest BCUT2D eigenvalue weighted by atomic mass is 11.5. The van der Waals surface area contributed by atoms with Crippen molar-refractivity contribution >= 4 is 40.9 Å². The maximum absolute atomic E-state index is 8.56. The Kier molecular flexibility index (Phi) is 149000. The van der Waals surface area contributed by atoms with Crippen LogP contribution >= 0.6 is 0 Å². The number of hydrogen-bond donors (Lipinski definition) is 2. The van der Waals surface area contributed by atoms with Gasteiger partial charge >= 0.3 is 6.16 Å². The van der Waals surface area contributed by atoms with Crippen LogP contribution < -0.4 is 0 Å². The third-order valence-corrected chi connectivity index (χ3v) is 0. The second-order valence-electron chi connectivity index (χ2n) is 0.283. The molecule has 0 fully saturated rings. The summed E-state index contributed by atoms with van der Waals surface area (Å²) in [7, 11) is 0. The fourth-order valence-corrected chi connectivity index (χ4v) is 0. The molecule has 0 saturated heterocycles. The summed E-state index contributed by atoms with van der Waals surface area (Å²) in [5.41, 5.74) is 0. The average Bonchev–Trinajstić information content (AvgIpc) is 0.811. The first-order valence-electron chi connectivity index (χ1n) is 0.651. The van der Waals surface area contributed by atoms with Crippen molar-refractivity contribution in [2.75, 3.05) is 0 Å². The lowest BCUT2D eigenvalue weighted by molar-refractivity contribution is 0.137. The Bertz CT molecular complexity index is 39.0. The Morgan fingerprint density at radius 2 is 0.320 bits per heavy atom. The highest BCUT2D eigenvalue weighted by Crippen LogP contribution is 1.42. The van der Waals surface area contributed by atoms with Gasteiger partial charge in [0.05, 0.1) is 0 Å². The van der Waals surface area contributed by atoms with Crippen LogP contribution in [0.25, 0.3) is 0 Å². The van der Waals surface area contributed by atoms with Gasteiger partial charge in [-0.05, 0) is 0 Å². The fraction of sp³-hybridized carbons (Fsp3) is 0. The van der Waals surface area contributed by atoms with E-state index in [1.807, 2.05) is 0 Å². The molecule has 0 atom stereocenters. The van der Waals surface area contributed by atoms with Gasteiger partial charge in [-0.2, -0.15) is 0 Å². The van der Waals surface area contributed by atoms with Crippen molar-refractivity contribution < 1.29 is 119 Å². The van der Waals surface area contributed by atoms with Crippen molar-refractivity contribution in [3.8, 4) is 0 Å². The second-order valence-corrected chi connectivity index (χ2v) is 0.283. The van der Waals surface area contributed by atoms with Crippen molar-refractivity contribution in [3.63, 3.8) is 0 Å². The van der Waals surface area contributed by atoms with E-state index in [0.717, 1.165) is 0 Å². The average molecular weight is 464 g/mol. The van der Waals surface area contributed by atoms with E-state index in [2.05, 4.69) is 0 Å². The molecule has 0 saturated carbocycles. The molecule has 0 aliphatic carbocycles. The smallest absolute Gasteiger partial charge is 0.450 e. The molecule has 22 nitrogen and oxygen atoms in total. The van der Waals surface area contributed by atoms with Gasteiger partial charge < -0.3 is 114 Å². The molecule has 0 aliphatic rings. The highest BCUT2D eigenvalue weighted by Gasteiger charge is 1.70. The van der Waals surface area contributed by atoms with E-state index in [0.29, 0.717) is 0 Å². The zero-order valence-corrected chi connectivity index (χ0v) is 11.3. The zero-order chi connectivity index (χ0) is 3.58. The number of carbonyl (C=O) groups is 1. The van der Waals surface area contributed by atoms with E-state index in [9.17, 15) is 0 Å². The van der Waals surface area contributed by atoms with Gasteiger partial charge in [-0.15, -0.1) is 0 Å². The van der Waals surface area contributed by atoms with E-state index in [1.165, 1.54) is 0 Å². The molecule has 40 N–H and O–H groups in total. The summed E-state index contributed by atoms with van der Waals surface area (Å²) in [5.74, 6) is 0. The van der Waals surface area contributed by atoms with Gasteiger partial charge in [-0.1, -0.05) is 0 Å². The predicted molar refractivity (Wildman–Crippen MR) is 99.2 cm³/mol. The molecular formula is CH46Al2O22. The van der Waals surface area contributed by atoms with Crippen molar-refractivity contribution in [1.82, 2.24) is 0 Å². The molecular weight excluding hydrogens is 418 g/mol. The normalized spacial score (nSPS) is 0.960. The molecule has 0 bridgehead atoms. The first-order chi connectivity index (χ1) is 1.73.